The van der Waals surface area contributed by atoms with Gasteiger partial charge < -0.3 is 14.4 Å². The molecule has 2 aliphatic rings. The lowest BCUT2D eigenvalue weighted by Crippen LogP contribution is -2.31. The van der Waals surface area contributed by atoms with Crippen molar-refractivity contribution in [1.82, 2.24) is 0 Å². The van der Waals surface area contributed by atoms with E-state index < -0.39 is 10.8 Å². The van der Waals surface area contributed by atoms with Crippen molar-refractivity contribution in [3.8, 4) is 0 Å². The van der Waals surface area contributed by atoms with Gasteiger partial charge in [-0.3, -0.25) is 4.79 Å². The molecule has 182 valence electrons. The molecule has 0 aromatic heterocycles. The highest BCUT2D eigenvalue weighted by Crippen LogP contribution is 2.30. The van der Waals surface area contributed by atoms with Gasteiger partial charge in [-0.15, -0.1) is 10.2 Å². The summed E-state index contributed by atoms with van der Waals surface area (Å²) in [5, 5.41) is 8.19. The lowest BCUT2D eigenvalue weighted by atomic mass is 9.89. The lowest BCUT2D eigenvalue weighted by molar-refractivity contribution is -0.140. The van der Waals surface area contributed by atoms with Gasteiger partial charge in [-0.05, 0) is 61.9 Å². The van der Waals surface area contributed by atoms with E-state index >= 15 is 0 Å². The molecule has 0 amide bonds. The molecule has 3 unspecified atom stereocenters. The molecule has 1 aromatic rings. The topological polar surface area (TPSA) is 83.7 Å². The molecular weight excluding hydrogens is 472 g/mol. The van der Waals surface area contributed by atoms with Crippen LogP contribution in [0.15, 0.2) is 62.8 Å². The van der Waals surface area contributed by atoms with Crippen molar-refractivity contribution in [1.29, 1.82) is 0 Å². The second-order valence-electron chi connectivity index (χ2n) is 8.24. The largest absolute Gasteiger partial charge is 0.460 e. The zero-order chi connectivity index (χ0) is 24.5. The lowest BCUT2D eigenvalue weighted by Gasteiger charge is -2.22. The van der Waals surface area contributed by atoms with Crippen molar-refractivity contribution < 1.29 is 14.3 Å². The van der Waals surface area contributed by atoms with Crippen LogP contribution < -0.4 is 4.90 Å². The normalized spacial score (nSPS) is 21.0. The predicted octanol–water partition coefficient (Wildman–Crippen LogP) is 6.07. The van der Waals surface area contributed by atoms with E-state index in [0.717, 1.165) is 36.8 Å². The first-order valence-electron chi connectivity index (χ1n) is 11.6. The summed E-state index contributed by atoms with van der Waals surface area (Å²) >= 11 is 7.17. The monoisotopic (exact) mass is 502 g/mol. The number of aldehydes is 1. The molecule has 0 saturated heterocycles. The number of rotatable bonds is 10. The number of anilines is 1. The molecule has 0 saturated carbocycles. The summed E-state index contributed by atoms with van der Waals surface area (Å²) in [5.41, 5.74) is 3.44. The average molecular weight is 503 g/mol. The van der Waals surface area contributed by atoms with E-state index in [-0.39, 0.29) is 12.5 Å². The number of allylic oxidation sites excluding steroid dienone is 2. The number of azo groups is 1. The van der Waals surface area contributed by atoms with Gasteiger partial charge >= 0.3 is 5.97 Å². The summed E-state index contributed by atoms with van der Waals surface area (Å²) in [6.45, 7) is 7.57. The number of esters is 1. The molecule has 1 heterocycles. The number of carbonyl (C=O) groups excluding carboxylic acids is 2. The molecular formula is C25H31ClN4O3S. The van der Waals surface area contributed by atoms with Crippen LogP contribution in [-0.4, -0.2) is 47.9 Å². The van der Waals surface area contributed by atoms with Gasteiger partial charge in [-0.1, -0.05) is 54.9 Å². The van der Waals surface area contributed by atoms with Gasteiger partial charge in [0.05, 0.1) is 5.69 Å². The Morgan fingerprint density at radius 3 is 2.74 bits per heavy atom. The number of amidine groups is 1. The van der Waals surface area contributed by atoms with E-state index in [1.165, 1.54) is 17.3 Å². The minimum atomic E-state index is -0.607. The van der Waals surface area contributed by atoms with E-state index in [4.69, 9.17) is 16.3 Å². The summed E-state index contributed by atoms with van der Waals surface area (Å²) in [6.07, 6.45) is 8.33. The molecule has 34 heavy (non-hydrogen) atoms. The number of ether oxygens (including phenoxy) is 1. The van der Waals surface area contributed by atoms with Crippen LogP contribution >= 0.6 is 23.4 Å². The van der Waals surface area contributed by atoms with Crippen molar-refractivity contribution in [2.45, 2.75) is 50.8 Å². The highest BCUT2D eigenvalue weighted by molar-refractivity contribution is 8.15. The van der Waals surface area contributed by atoms with Crippen LogP contribution in [0.5, 0.6) is 0 Å². The van der Waals surface area contributed by atoms with Crippen LogP contribution in [0.1, 0.15) is 40.0 Å². The van der Waals surface area contributed by atoms with E-state index in [1.54, 1.807) is 0 Å². The first-order valence-corrected chi connectivity index (χ1v) is 12.9. The van der Waals surface area contributed by atoms with Gasteiger partial charge in [-0.2, -0.15) is 0 Å². The number of hydrogen-bond donors (Lipinski definition) is 0. The quantitative estimate of drug-likeness (QED) is 0.127. The first-order chi connectivity index (χ1) is 16.4. The Bertz CT molecular complexity index is 990. The second-order valence-corrected chi connectivity index (χ2v) is 9.83. The zero-order valence-electron chi connectivity index (χ0n) is 19.8. The number of thioether (sulfide) groups is 1. The standard InChI is InChI=1S/C25H31ClN4O3S/c1-4-17(3)19-8-6-7-18(13-19)16-33-23(32)14-30(5-2)21-11-9-20(10-12-21)28-29-25-27-24(26)22(15-31)34-25/h7,9-13,15,17,22,24H,4-6,8,14,16H2,1-3H3/b29-28+. The van der Waals surface area contributed by atoms with E-state index in [1.807, 2.05) is 36.1 Å². The van der Waals surface area contributed by atoms with Gasteiger partial charge in [0.2, 0.25) is 5.17 Å². The summed E-state index contributed by atoms with van der Waals surface area (Å²) in [5.74, 6) is 0.306. The number of aliphatic imine (C=N–C) groups is 1. The number of likely N-dealkylation sites (N-methyl/N-ethyl adjacent to an activating group) is 1. The second kappa shape index (κ2) is 12.9. The van der Waals surface area contributed by atoms with Gasteiger partial charge in [0.15, 0.2) is 0 Å². The Morgan fingerprint density at radius 1 is 1.32 bits per heavy atom. The van der Waals surface area contributed by atoms with Crippen LogP contribution in [0.4, 0.5) is 11.4 Å². The van der Waals surface area contributed by atoms with Crippen molar-refractivity contribution in [2.75, 3.05) is 24.6 Å². The fourth-order valence-electron chi connectivity index (χ4n) is 3.66. The molecule has 1 aliphatic carbocycles. The van der Waals surface area contributed by atoms with Gasteiger partial charge in [-0.25, -0.2) is 4.99 Å². The number of alkyl halides is 1. The number of halogens is 1. The molecule has 3 atom stereocenters. The van der Waals surface area contributed by atoms with Gasteiger partial charge in [0.25, 0.3) is 0 Å². The molecule has 7 nitrogen and oxygen atoms in total. The smallest absolute Gasteiger partial charge is 0.325 e. The summed E-state index contributed by atoms with van der Waals surface area (Å²) in [7, 11) is 0. The van der Waals surface area contributed by atoms with Crippen molar-refractivity contribution in [2.24, 2.45) is 21.1 Å². The predicted molar refractivity (Wildman–Crippen MR) is 139 cm³/mol. The third-order valence-corrected chi connectivity index (χ3v) is 7.46. The highest BCUT2D eigenvalue weighted by atomic mass is 35.5. The van der Waals surface area contributed by atoms with Crippen molar-refractivity contribution in [3.63, 3.8) is 0 Å². The number of carbonyl (C=O) groups is 2. The van der Waals surface area contributed by atoms with Crippen LogP contribution in [0.3, 0.4) is 0 Å². The Labute approximate surface area is 210 Å². The molecule has 1 aromatic carbocycles. The fraction of sp³-hybridized carbons (Fsp3) is 0.480. The summed E-state index contributed by atoms with van der Waals surface area (Å²) in [4.78, 5) is 29.5. The highest BCUT2D eigenvalue weighted by Gasteiger charge is 2.28. The van der Waals surface area contributed by atoms with Crippen LogP contribution in [0.25, 0.3) is 0 Å². The molecule has 0 radical (unpaired) electrons. The minimum Gasteiger partial charge on any atom is -0.460 e. The van der Waals surface area contributed by atoms with E-state index in [2.05, 4.69) is 41.2 Å². The van der Waals surface area contributed by atoms with Crippen LogP contribution in [0.2, 0.25) is 0 Å². The van der Waals surface area contributed by atoms with E-state index in [0.29, 0.717) is 29.9 Å². The number of hydrogen-bond acceptors (Lipinski definition) is 8. The molecule has 0 bridgehead atoms. The maximum Gasteiger partial charge on any atom is 0.325 e. The number of nitrogens with zero attached hydrogens (tertiary/aromatic N) is 4. The Kier molecular flexibility index (Phi) is 9.89. The molecule has 0 fully saturated rings. The van der Waals surface area contributed by atoms with Crippen molar-refractivity contribution >= 4 is 52.2 Å². The minimum absolute atomic E-state index is 0.171. The molecule has 1 aliphatic heterocycles. The third-order valence-electron chi connectivity index (χ3n) is 5.90. The van der Waals surface area contributed by atoms with Crippen LogP contribution in [-0.2, 0) is 14.3 Å². The average Bonchev–Trinajstić information content (AvgIpc) is 3.24. The summed E-state index contributed by atoms with van der Waals surface area (Å²) in [6, 6.07) is 7.41. The Hall–Kier alpha value is -2.45. The van der Waals surface area contributed by atoms with Crippen LogP contribution in [0, 0.1) is 5.92 Å². The fourth-order valence-corrected chi connectivity index (χ4v) is 4.75. The Morgan fingerprint density at radius 2 is 2.09 bits per heavy atom. The third kappa shape index (κ3) is 7.27. The summed E-state index contributed by atoms with van der Waals surface area (Å²) < 4.78 is 5.56. The van der Waals surface area contributed by atoms with E-state index in [9.17, 15) is 9.59 Å². The van der Waals surface area contributed by atoms with Crippen molar-refractivity contribution in [3.05, 3.63) is 47.6 Å². The first kappa shape index (κ1) is 26.2. The van der Waals surface area contributed by atoms with Gasteiger partial charge in [0, 0.05) is 12.2 Å². The zero-order valence-corrected chi connectivity index (χ0v) is 21.4. The Balaban J connectivity index is 1.52. The maximum atomic E-state index is 12.5. The molecule has 3 rings (SSSR count). The maximum absolute atomic E-state index is 12.5. The molecule has 0 N–H and O–H groups in total. The SMILES string of the molecule is CCC(C)C1=CC(COC(=O)CN(CC)c2ccc(/N=N/C3=NC(Cl)C(C=O)S3)cc2)=CCC1. The number of benzene rings is 1. The molecule has 9 heteroatoms. The van der Waals surface area contributed by atoms with Gasteiger partial charge in [0.1, 0.15) is 30.2 Å². The molecule has 0 spiro atoms.